The zero-order valence-corrected chi connectivity index (χ0v) is 18.3. The molecule has 0 atom stereocenters. The average molecular weight is 440 g/mol. The molecule has 0 amide bonds. The van der Waals surface area contributed by atoms with E-state index in [9.17, 15) is 9.90 Å². The van der Waals surface area contributed by atoms with Crippen molar-refractivity contribution in [2.24, 2.45) is 10.9 Å². The zero-order valence-electron chi connectivity index (χ0n) is 18.3. The molecule has 1 aliphatic carbocycles. The largest absolute Gasteiger partial charge is 0.504 e. The van der Waals surface area contributed by atoms with Crippen LogP contribution in [0.4, 0.5) is 11.7 Å². The Balaban J connectivity index is 1.43. The summed E-state index contributed by atoms with van der Waals surface area (Å²) in [6, 6.07) is 12.2. The highest BCUT2D eigenvalue weighted by Crippen LogP contribution is 2.43. The number of hydrogen-bond donors (Lipinski definition) is 1. The summed E-state index contributed by atoms with van der Waals surface area (Å²) in [5.41, 5.74) is 4.57. The van der Waals surface area contributed by atoms with Crippen molar-refractivity contribution in [2.45, 2.75) is 38.6 Å². The first-order valence-corrected chi connectivity index (χ1v) is 11.6. The second-order valence-corrected chi connectivity index (χ2v) is 9.01. The van der Waals surface area contributed by atoms with E-state index in [1.807, 2.05) is 18.2 Å². The number of aliphatic imine (C=N–C) groups is 1. The Labute approximate surface area is 192 Å². The number of benzene rings is 1. The number of allylic oxidation sites excluding steroid dienone is 1. The van der Waals surface area contributed by atoms with Gasteiger partial charge in [0.2, 0.25) is 5.88 Å². The van der Waals surface area contributed by atoms with Crippen LogP contribution in [0.25, 0.3) is 11.6 Å². The number of ketones is 1. The van der Waals surface area contributed by atoms with Gasteiger partial charge in [0.05, 0.1) is 0 Å². The van der Waals surface area contributed by atoms with Crippen LogP contribution in [0.3, 0.4) is 0 Å². The lowest BCUT2D eigenvalue weighted by Crippen LogP contribution is -2.27. The number of Topliss-reactive ketones (excluding diaryl/α,β-unsaturated/α-hetero) is 1. The Morgan fingerprint density at radius 1 is 1.12 bits per heavy atom. The van der Waals surface area contributed by atoms with Crippen molar-refractivity contribution in [3.63, 3.8) is 0 Å². The number of rotatable bonds is 4. The minimum Gasteiger partial charge on any atom is -0.504 e. The van der Waals surface area contributed by atoms with Gasteiger partial charge in [-0.2, -0.15) is 0 Å². The minimum atomic E-state index is -0.0716. The van der Waals surface area contributed by atoms with Gasteiger partial charge in [-0.1, -0.05) is 30.7 Å². The van der Waals surface area contributed by atoms with Crippen LogP contribution in [-0.4, -0.2) is 28.6 Å². The summed E-state index contributed by atoms with van der Waals surface area (Å²) in [4.78, 5) is 24.1. The van der Waals surface area contributed by atoms with Gasteiger partial charge in [0.25, 0.3) is 0 Å². The zero-order chi connectivity index (χ0) is 22.4. The van der Waals surface area contributed by atoms with E-state index in [2.05, 4.69) is 33.1 Å². The molecule has 6 heteroatoms. The van der Waals surface area contributed by atoms with Crippen LogP contribution < -0.4 is 4.90 Å². The molecule has 0 unspecified atom stereocenters. The van der Waals surface area contributed by atoms with Crippen LogP contribution in [0, 0.1) is 5.92 Å². The van der Waals surface area contributed by atoms with Gasteiger partial charge in [0, 0.05) is 42.6 Å². The number of carbonyl (C=O) groups is 1. The summed E-state index contributed by atoms with van der Waals surface area (Å²) >= 11 is 0. The van der Waals surface area contributed by atoms with Gasteiger partial charge in [-0.05, 0) is 55.0 Å². The molecule has 1 N–H and O–H groups in total. The third-order valence-corrected chi connectivity index (χ3v) is 6.96. The Morgan fingerprint density at radius 3 is 2.79 bits per heavy atom. The number of fused-ring (bicyclic) bond motifs is 2. The van der Waals surface area contributed by atoms with Crippen LogP contribution in [0.15, 0.2) is 52.0 Å². The van der Waals surface area contributed by atoms with Crippen LogP contribution in [0.2, 0.25) is 0 Å². The number of furan rings is 1. The van der Waals surface area contributed by atoms with Crippen molar-refractivity contribution in [3.05, 3.63) is 70.6 Å². The van der Waals surface area contributed by atoms with E-state index in [-0.39, 0.29) is 17.5 Å². The molecule has 33 heavy (non-hydrogen) atoms. The molecule has 6 rings (SSSR count). The molecule has 4 heterocycles. The van der Waals surface area contributed by atoms with Gasteiger partial charge in [0.1, 0.15) is 5.56 Å². The van der Waals surface area contributed by atoms with Crippen molar-refractivity contribution >= 4 is 35.3 Å². The molecule has 3 aromatic rings. The Bertz CT molecular complexity index is 1300. The van der Waals surface area contributed by atoms with Crippen LogP contribution in [0.1, 0.15) is 58.5 Å². The first kappa shape index (κ1) is 20.0. The van der Waals surface area contributed by atoms with Crippen LogP contribution in [0.5, 0.6) is 5.75 Å². The highest BCUT2D eigenvalue weighted by molar-refractivity contribution is 6.21. The molecule has 6 nitrogen and oxygen atoms in total. The van der Waals surface area contributed by atoms with Crippen LogP contribution in [-0.2, 0) is 13.0 Å². The molecule has 3 aliphatic rings. The van der Waals surface area contributed by atoms with E-state index >= 15 is 0 Å². The van der Waals surface area contributed by atoms with Crippen LogP contribution >= 0.6 is 0 Å². The quantitative estimate of drug-likeness (QED) is 0.538. The number of hydrogen-bond acceptors (Lipinski definition) is 6. The molecular weight excluding hydrogens is 414 g/mol. The van der Waals surface area contributed by atoms with Gasteiger partial charge in [-0.25, -0.2) is 9.98 Å². The number of aromatic nitrogens is 1. The van der Waals surface area contributed by atoms with Gasteiger partial charge in [-0.15, -0.1) is 0 Å². The van der Waals surface area contributed by atoms with Gasteiger partial charge in [0.15, 0.2) is 23.1 Å². The maximum atomic E-state index is 13.4. The second kappa shape index (κ2) is 8.03. The standard InChI is InChI=1S/C27H25N3O3/c31-24(18-8-3-9-18)23-25(32)22(14-20-15-29-26-21(20)11-4-12-28-26)33-27(23)30-13-5-10-17-6-1-2-7-19(17)16-30/h1-2,4,6-7,11-12,14-15,18,32H,3,5,8-10,13,16H2. The number of carbonyl (C=O) groups excluding carboxylic acids is 1. The summed E-state index contributed by atoms with van der Waals surface area (Å²) in [5, 5.41) is 11.2. The maximum absolute atomic E-state index is 13.4. The number of aryl methyl sites for hydroxylation is 1. The van der Waals surface area contributed by atoms with E-state index in [1.54, 1.807) is 18.5 Å². The number of aromatic hydroxyl groups is 1. The third kappa shape index (κ3) is 3.46. The molecular formula is C27H25N3O3. The first-order valence-electron chi connectivity index (χ1n) is 11.6. The highest BCUT2D eigenvalue weighted by Gasteiger charge is 2.35. The van der Waals surface area contributed by atoms with Crippen molar-refractivity contribution in [3.8, 4) is 5.75 Å². The Kier molecular flexibility index (Phi) is 4.86. The van der Waals surface area contributed by atoms with Crippen molar-refractivity contribution in [1.29, 1.82) is 0 Å². The smallest absolute Gasteiger partial charge is 0.211 e. The lowest BCUT2D eigenvalue weighted by atomic mass is 9.80. The highest BCUT2D eigenvalue weighted by atomic mass is 16.4. The van der Waals surface area contributed by atoms with E-state index in [0.29, 0.717) is 29.6 Å². The molecule has 2 aromatic heterocycles. The molecule has 2 aliphatic heterocycles. The molecule has 166 valence electrons. The summed E-state index contributed by atoms with van der Waals surface area (Å²) in [6.07, 6.45) is 9.92. The van der Waals surface area contributed by atoms with Crippen molar-refractivity contribution in [2.75, 3.05) is 11.4 Å². The SMILES string of the molecule is O=C(c1c(N2CCCc3ccccc3C2)oc(C=C2C=Nc3ncccc32)c1O)C1CCC1. The second-order valence-electron chi connectivity index (χ2n) is 9.01. The van der Waals surface area contributed by atoms with Crippen molar-refractivity contribution in [1.82, 2.24) is 4.98 Å². The Hall–Kier alpha value is -3.67. The molecule has 0 spiro atoms. The fourth-order valence-electron chi connectivity index (χ4n) is 4.90. The van der Waals surface area contributed by atoms with E-state index in [0.717, 1.165) is 49.8 Å². The average Bonchev–Trinajstić information content (AvgIpc) is 3.25. The van der Waals surface area contributed by atoms with Gasteiger partial charge in [-0.3, -0.25) is 4.79 Å². The van der Waals surface area contributed by atoms with E-state index in [1.165, 1.54) is 11.1 Å². The normalized spacial score (nSPS) is 18.7. The molecule has 0 saturated heterocycles. The lowest BCUT2D eigenvalue weighted by Gasteiger charge is -2.26. The molecule has 0 bridgehead atoms. The lowest BCUT2D eigenvalue weighted by molar-refractivity contribution is 0.0852. The summed E-state index contributed by atoms with van der Waals surface area (Å²) in [7, 11) is 0. The van der Waals surface area contributed by atoms with Crippen molar-refractivity contribution < 1.29 is 14.3 Å². The maximum Gasteiger partial charge on any atom is 0.211 e. The Morgan fingerprint density at radius 2 is 1.97 bits per heavy atom. The topological polar surface area (TPSA) is 78.9 Å². The monoisotopic (exact) mass is 439 g/mol. The number of anilines is 1. The molecule has 1 aromatic carbocycles. The third-order valence-electron chi connectivity index (χ3n) is 6.96. The van der Waals surface area contributed by atoms with Gasteiger partial charge < -0.3 is 14.4 Å². The summed E-state index contributed by atoms with van der Waals surface area (Å²) in [5.74, 6) is 1.30. The first-order chi connectivity index (χ1) is 16.2. The van der Waals surface area contributed by atoms with E-state index < -0.39 is 0 Å². The molecule has 1 fully saturated rings. The fourth-order valence-corrected chi connectivity index (χ4v) is 4.90. The number of nitrogens with zero attached hydrogens (tertiary/aromatic N) is 3. The van der Waals surface area contributed by atoms with Gasteiger partial charge >= 0.3 is 0 Å². The predicted octanol–water partition coefficient (Wildman–Crippen LogP) is 5.57. The predicted molar refractivity (Wildman–Crippen MR) is 128 cm³/mol. The molecule has 1 saturated carbocycles. The fraction of sp³-hybridized carbons (Fsp3) is 0.296. The summed E-state index contributed by atoms with van der Waals surface area (Å²) in [6.45, 7) is 1.41. The number of pyridine rings is 1. The molecule has 0 radical (unpaired) electrons. The minimum absolute atomic E-state index is 0.0122. The van der Waals surface area contributed by atoms with E-state index in [4.69, 9.17) is 4.42 Å². The summed E-state index contributed by atoms with van der Waals surface area (Å²) < 4.78 is 6.27.